The Morgan fingerprint density at radius 2 is 2.10 bits per heavy atom. The van der Waals surface area contributed by atoms with Gasteiger partial charge in [-0.3, -0.25) is 9.48 Å². The molecule has 1 aromatic heterocycles. The van der Waals surface area contributed by atoms with Gasteiger partial charge in [0, 0.05) is 26.3 Å². The summed E-state index contributed by atoms with van der Waals surface area (Å²) in [5.41, 5.74) is 2.00. The van der Waals surface area contributed by atoms with E-state index in [1.165, 1.54) is 0 Å². The third kappa shape index (κ3) is 3.78. The van der Waals surface area contributed by atoms with Crippen LogP contribution in [0.3, 0.4) is 0 Å². The summed E-state index contributed by atoms with van der Waals surface area (Å²) in [5, 5.41) is 4.11. The Labute approximate surface area is 119 Å². The van der Waals surface area contributed by atoms with Crippen LogP contribution in [-0.4, -0.2) is 22.2 Å². The van der Waals surface area contributed by atoms with Crippen molar-refractivity contribution in [1.82, 2.24) is 9.78 Å². The predicted octanol–water partition coefficient (Wildman–Crippen LogP) is 2.70. The van der Waals surface area contributed by atoms with Crippen LogP contribution in [0.4, 0.5) is 0 Å². The van der Waals surface area contributed by atoms with Gasteiger partial charge in [-0.25, -0.2) is 0 Å². The average molecular weight is 272 g/mol. The number of nitrogens with zero attached hydrogens (tertiary/aromatic N) is 2. The summed E-state index contributed by atoms with van der Waals surface area (Å²) < 4.78 is 7.36. The number of benzene rings is 1. The lowest BCUT2D eigenvalue weighted by Crippen LogP contribution is -2.16. The zero-order chi connectivity index (χ0) is 14.4. The van der Waals surface area contributed by atoms with E-state index in [0.717, 1.165) is 11.1 Å². The fraction of sp³-hybridized carbons (Fsp3) is 0.375. The molecule has 20 heavy (non-hydrogen) atoms. The fourth-order valence-corrected chi connectivity index (χ4v) is 2.17. The van der Waals surface area contributed by atoms with Crippen molar-refractivity contribution in [1.29, 1.82) is 0 Å². The van der Waals surface area contributed by atoms with E-state index < -0.39 is 6.10 Å². The van der Waals surface area contributed by atoms with E-state index >= 15 is 0 Å². The molecule has 0 amide bonds. The monoisotopic (exact) mass is 272 g/mol. The maximum Gasteiger partial charge on any atom is 0.166 e. The predicted molar refractivity (Wildman–Crippen MR) is 77.3 cm³/mol. The van der Waals surface area contributed by atoms with Gasteiger partial charge in [0.15, 0.2) is 5.78 Å². The van der Waals surface area contributed by atoms with Crippen LogP contribution in [0.15, 0.2) is 42.7 Å². The van der Waals surface area contributed by atoms with Crippen LogP contribution in [0, 0.1) is 0 Å². The number of aryl methyl sites for hydroxylation is 2. The number of Topliss-reactive ketones (excluding diaryl/α,β-unsaturated/α-hetero) is 1. The molecule has 0 aliphatic rings. The van der Waals surface area contributed by atoms with Crippen molar-refractivity contribution in [3.63, 3.8) is 0 Å². The largest absolute Gasteiger partial charge is 0.366 e. The average Bonchev–Trinajstić information content (AvgIpc) is 2.89. The number of hydrogen-bond acceptors (Lipinski definition) is 3. The second-order valence-corrected chi connectivity index (χ2v) is 4.73. The van der Waals surface area contributed by atoms with E-state index in [9.17, 15) is 4.79 Å². The zero-order valence-corrected chi connectivity index (χ0v) is 12.0. The molecular weight excluding hydrogens is 252 g/mol. The van der Waals surface area contributed by atoms with Crippen LogP contribution >= 0.6 is 0 Å². The van der Waals surface area contributed by atoms with Gasteiger partial charge >= 0.3 is 0 Å². The Kier molecular flexibility index (Phi) is 5.07. The summed E-state index contributed by atoms with van der Waals surface area (Å²) in [6, 6.07) is 9.66. The molecule has 1 unspecified atom stereocenters. The topological polar surface area (TPSA) is 44.1 Å². The van der Waals surface area contributed by atoms with Gasteiger partial charge < -0.3 is 4.74 Å². The van der Waals surface area contributed by atoms with Gasteiger partial charge in [-0.1, -0.05) is 30.3 Å². The second kappa shape index (κ2) is 7.01. The highest BCUT2D eigenvalue weighted by Crippen LogP contribution is 2.20. The van der Waals surface area contributed by atoms with Crippen LogP contribution in [0.2, 0.25) is 0 Å². The summed E-state index contributed by atoms with van der Waals surface area (Å²) in [5.74, 6) is 0.113. The molecule has 1 heterocycles. The van der Waals surface area contributed by atoms with E-state index in [1.807, 2.05) is 50.5 Å². The minimum absolute atomic E-state index is 0.113. The van der Waals surface area contributed by atoms with Crippen molar-refractivity contribution >= 4 is 5.78 Å². The van der Waals surface area contributed by atoms with Gasteiger partial charge in [-0.05, 0) is 24.5 Å². The first kappa shape index (κ1) is 14.5. The molecule has 2 aromatic rings. The first-order chi connectivity index (χ1) is 9.70. The highest BCUT2D eigenvalue weighted by atomic mass is 16.5. The minimum Gasteiger partial charge on any atom is -0.366 e. The molecule has 0 bridgehead atoms. The van der Waals surface area contributed by atoms with E-state index in [-0.39, 0.29) is 5.78 Å². The lowest BCUT2D eigenvalue weighted by Gasteiger charge is -2.16. The molecule has 2 rings (SSSR count). The highest BCUT2D eigenvalue weighted by Gasteiger charge is 2.20. The van der Waals surface area contributed by atoms with E-state index in [0.29, 0.717) is 19.4 Å². The van der Waals surface area contributed by atoms with Crippen LogP contribution in [0.25, 0.3) is 0 Å². The van der Waals surface area contributed by atoms with E-state index in [2.05, 4.69) is 5.10 Å². The molecule has 0 radical (unpaired) electrons. The van der Waals surface area contributed by atoms with Gasteiger partial charge in [0.1, 0.15) is 6.10 Å². The molecule has 4 heteroatoms. The van der Waals surface area contributed by atoms with Gasteiger partial charge in [0.25, 0.3) is 0 Å². The lowest BCUT2D eigenvalue weighted by atomic mass is 10.0. The van der Waals surface area contributed by atoms with Crippen LogP contribution < -0.4 is 0 Å². The number of carbonyl (C=O) groups is 1. The summed E-state index contributed by atoms with van der Waals surface area (Å²) in [4.78, 5) is 12.4. The molecule has 0 N–H and O–H groups in total. The van der Waals surface area contributed by atoms with Crippen molar-refractivity contribution in [2.45, 2.75) is 25.9 Å². The number of hydrogen-bond donors (Lipinski definition) is 0. The number of carbonyl (C=O) groups excluding carboxylic acids is 1. The third-order valence-electron chi connectivity index (χ3n) is 3.15. The summed E-state index contributed by atoms with van der Waals surface area (Å²) in [7, 11) is 1.87. The molecule has 106 valence electrons. The highest BCUT2D eigenvalue weighted by molar-refractivity contribution is 5.84. The van der Waals surface area contributed by atoms with Crippen molar-refractivity contribution in [2.75, 3.05) is 6.61 Å². The molecule has 0 aliphatic carbocycles. The summed E-state index contributed by atoms with van der Waals surface area (Å²) in [6.45, 7) is 2.43. The van der Waals surface area contributed by atoms with Crippen LogP contribution in [0.1, 0.15) is 30.6 Å². The molecule has 0 aliphatic heterocycles. The Hall–Kier alpha value is -1.94. The molecule has 0 saturated heterocycles. The Morgan fingerprint density at radius 1 is 1.35 bits per heavy atom. The van der Waals surface area contributed by atoms with E-state index in [4.69, 9.17) is 4.74 Å². The van der Waals surface area contributed by atoms with Crippen LogP contribution in [0.5, 0.6) is 0 Å². The number of ether oxygens (including phenoxy) is 1. The van der Waals surface area contributed by atoms with Crippen molar-refractivity contribution in [3.8, 4) is 0 Å². The molecule has 0 fully saturated rings. The maximum atomic E-state index is 12.4. The molecule has 0 spiro atoms. The first-order valence-electron chi connectivity index (χ1n) is 6.87. The Balaban J connectivity index is 2.00. The van der Waals surface area contributed by atoms with Gasteiger partial charge in [0.05, 0.1) is 6.20 Å². The molecule has 0 saturated carbocycles. The first-order valence-corrected chi connectivity index (χ1v) is 6.87. The van der Waals surface area contributed by atoms with Crippen molar-refractivity contribution < 1.29 is 9.53 Å². The number of rotatable bonds is 7. The Bertz CT molecular complexity index is 549. The Morgan fingerprint density at radius 3 is 2.70 bits per heavy atom. The van der Waals surface area contributed by atoms with Gasteiger partial charge in [0.2, 0.25) is 0 Å². The van der Waals surface area contributed by atoms with Crippen molar-refractivity contribution in [2.24, 2.45) is 7.05 Å². The lowest BCUT2D eigenvalue weighted by molar-refractivity contribution is -0.130. The molecule has 1 aromatic carbocycles. The quantitative estimate of drug-likeness (QED) is 0.778. The standard InChI is InChI=1S/C16H20N2O2/c1-3-20-16(14-7-5-4-6-8-14)15(19)10-9-13-11-17-18(2)12-13/h4-8,11-12,16H,3,9-10H2,1-2H3. The third-order valence-corrected chi connectivity index (χ3v) is 3.15. The van der Waals surface area contributed by atoms with Gasteiger partial charge in [-0.15, -0.1) is 0 Å². The molecule has 1 atom stereocenters. The normalized spacial score (nSPS) is 12.3. The fourth-order valence-electron chi connectivity index (χ4n) is 2.17. The zero-order valence-electron chi connectivity index (χ0n) is 12.0. The van der Waals surface area contributed by atoms with Crippen molar-refractivity contribution in [3.05, 3.63) is 53.9 Å². The maximum absolute atomic E-state index is 12.4. The molecular formula is C16H20N2O2. The second-order valence-electron chi connectivity index (χ2n) is 4.73. The summed E-state index contributed by atoms with van der Waals surface area (Å²) in [6.07, 6.45) is 4.43. The minimum atomic E-state index is -0.460. The number of aromatic nitrogens is 2. The molecule has 4 nitrogen and oxygen atoms in total. The smallest absolute Gasteiger partial charge is 0.166 e. The van der Waals surface area contributed by atoms with Crippen LogP contribution in [-0.2, 0) is 23.0 Å². The number of ketones is 1. The van der Waals surface area contributed by atoms with Gasteiger partial charge in [-0.2, -0.15) is 5.10 Å². The van der Waals surface area contributed by atoms with E-state index in [1.54, 1.807) is 10.9 Å². The SMILES string of the molecule is CCOC(C(=O)CCc1cnn(C)c1)c1ccccc1. The summed E-state index contributed by atoms with van der Waals surface area (Å²) >= 11 is 0.